The zero-order valence-electron chi connectivity index (χ0n) is 11.7. The number of nitro groups is 1. The van der Waals surface area contributed by atoms with E-state index in [1.165, 1.54) is 12.1 Å². The van der Waals surface area contributed by atoms with Crippen LogP contribution >= 0.6 is 0 Å². The van der Waals surface area contributed by atoms with Gasteiger partial charge in [-0.3, -0.25) is 10.1 Å². The molecule has 5 nitrogen and oxygen atoms in total. The van der Waals surface area contributed by atoms with Gasteiger partial charge in [-0.1, -0.05) is 18.2 Å². The smallest absolute Gasteiger partial charge is 0.292 e. The predicted octanol–water partition coefficient (Wildman–Crippen LogP) is 3.66. The van der Waals surface area contributed by atoms with Gasteiger partial charge in [0.15, 0.2) is 11.6 Å². The molecular formula is C15H15FN2O3. The van der Waals surface area contributed by atoms with Crippen molar-refractivity contribution >= 4 is 11.4 Å². The number of halogens is 1. The maximum atomic E-state index is 13.6. The van der Waals surface area contributed by atoms with Crippen LogP contribution in [-0.2, 0) is 6.61 Å². The Morgan fingerprint density at radius 1 is 1.33 bits per heavy atom. The molecule has 0 amide bonds. The van der Waals surface area contributed by atoms with Gasteiger partial charge in [-0.25, -0.2) is 4.39 Å². The van der Waals surface area contributed by atoms with E-state index in [1.807, 2.05) is 6.92 Å². The Balaban J connectivity index is 2.26. The summed E-state index contributed by atoms with van der Waals surface area (Å²) in [5, 5.41) is 13.8. The van der Waals surface area contributed by atoms with Crippen molar-refractivity contribution < 1.29 is 14.1 Å². The molecule has 2 aromatic carbocycles. The number of nitrogens with zero attached hydrogens (tertiary/aromatic N) is 1. The van der Waals surface area contributed by atoms with E-state index in [1.54, 1.807) is 31.3 Å². The summed E-state index contributed by atoms with van der Waals surface area (Å²) in [7, 11) is 1.60. The largest absolute Gasteiger partial charge is 0.486 e. The minimum Gasteiger partial charge on any atom is -0.486 e. The molecule has 2 rings (SSSR count). The van der Waals surface area contributed by atoms with Gasteiger partial charge in [0.2, 0.25) is 0 Å². The quantitative estimate of drug-likeness (QED) is 0.674. The van der Waals surface area contributed by atoms with Gasteiger partial charge < -0.3 is 10.1 Å². The summed E-state index contributed by atoms with van der Waals surface area (Å²) >= 11 is 0. The fourth-order valence-corrected chi connectivity index (χ4v) is 2.02. The third kappa shape index (κ3) is 3.28. The van der Waals surface area contributed by atoms with Crippen LogP contribution in [0.4, 0.5) is 15.8 Å². The fraction of sp³-hybridized carbons (Fsp3) is 0.200. The second kappa shape index (κ2) is 6.21. The minimum absolute atomic E-state index is 0.0386. The highest BCUT2D eigenvalue weighted by Crippen LogP contribution is 2.29. The van der Waals surface area contributed by atoms with E-state index >= 15 is 0 Å². The highest BCUT2D eigenvalue weighted by Gasteiger charge is 2.16. The van der Waals surface area contributed by atoms with E-state index in [0.717, 1.165) is 5.56 Å². The van der Waals surface area contributed by atoms with Gasteiger partial charge in [0.05, 0.1) is 4.92 Å². The molecule has 0 aliphatic heterocycles. The molecule has 110 valence electrons. The summed E-state index contributed by atoms with van der Waals surface area (Å²) in [5.74, 6) is -0.333. The molecule has 2 aromatic rings. The van der Waals surface area contributed by atoms with Crippen molar-refractivity contribution in [2.45, 2.75) is 13.5 Å². The fourth-order valence-electron chi connectivity index (χ4n) is 2.02. The van der Waals surface area contributed by atoms with Gasteiger partial charge in [-0.05, 0) is 24.6 Å². The molecule has 0 fully saturated rings. The lowest BCUT2D eigenvalue weighted by Crippen LogP contribution is -2.04. The van der Waals surface area contributed by atoms with Crippen molar-refractivity contribution in [3.8, 4) is 5.75 Å². The number of aryl methyl sites for hydroxylation is 1. The lowest BCUT2D eigenvalue weighted by atomic mass is 10.1. The molecule has 6 heteroatoms. The molecule has 0 bridgehead atoms. The van der Waals surface area contributed by atoms with Crippen LogP contribution in [0, 0.1) is 22.9 Å². The number of hydrogen-bond donors (Lipinski definition) is 1. The zero-order valence-corrected chi connectivity index (χ0v) is 11.7. The molecule has 0 aliphatic rings. The van der Waals surface area contributed by atoms with Crippen LogP contribution in [0.3, 0.4) is 0 Å². The summed E-state index contributed by atoms with van der Waals surface area (Å²) in [4.78, 5) is 10.5. The van der Waals surface area contributed by atoms with Gasteiger partial charge in [0, 0.05) is 18.7 Å². The second-order valence-electron chi connectivity index (χ2n) is 4.54. The van der Waals surface area contributed by atoms with Crippen LogP contribution in [0.1, 0.15) is 11.1 Å². The number of anilines is 1. The van der Waals surface area contributed by atoms with Crippen LogP contribution in [0.15, 0.2) is 36.4 Å². The van der Waals surface area contributed by atoms with E-state index in [9.17, 15) is 14.5 Å². The van der Waals surface area contributed by atoms with E-state index in [0.29, 0.717) is 11.3 Å². The van der Waals surface area contributed by atoms with Gasteiger partial charge in [0.25, 0.3) is 5.69 Å². The van der Waals surface area contributed by atoms with Crippen molar-refractivity contribution in [2.75, 3.05) is 12.4 Å². The Hall–Kier alpha value is -2.63. The second-order valence-corrected chi connectivity index (χ2v) is 4.54. The number of rotatable bonds is 5. The molecule has 0 unspecified atom stereocenters. The molecule has 0 aromatic heterocycles. The molecule has 21 heavy (non-hydrogen) atoms. The molecule has 0 aliphatic carbocycles. The Bertz CT molecular complexity index is 674. The van der Waals surface area contributed by atoms with Gasteiger partial charge in [0.1, 0.15) is 12.3 Å². The highest BCUT2D eigenvalue weighted by molar-refractivity contribution is 5.66. The summed E-state index contributed by atoms with van der Waals surface area (Å²) in [5.41, 5.74) is 1.80. The topological polar surface area (TPSA) is 64.4 Å². The maximum Gasteiger partial charge on any atom is 0.292 e. The van der Waals surface area contributed by atoms with Crippen molar-refractivity contribution in [2.24, 2.45) is 0 Å². The van der Waals surface area contributed by atoms with E-state index in [2.05, 4.69) is 5.32 Å². The van der Waals surface area contributed by atoms with Gasteiger partial charge in [-0.15, -0.1) is 0 Å². The normalized spacial score (nSPS) is 10.2. The Morgan fingerprint density at radius 3 is 2.76 bits per heavy atom. The molecule has 0 atom stereocenters. The number of benzene rings is 2. The summed E-state index contributed by atoms with van der Waals surface area (Å²) < 4.78 is 19.1. The monoisotopic (exact) mass is 290 g/mol. The lowest BCUT2D eigenvalue weighted by Gasteiger charge is -2.12. The van der Waals surface area contributed by atoms with E-state index < -0.39 is 10.7 Å². The number of nitro benzene ring substituents is 1. The van der Waals surface area contributed by atoms with Crippen molar-refractivity contribution in [3.05, 3.63) is 63.5 Å². The number of para-hydroxylation sites is 1. The van der Waals surface area contributed by atoms with E-state index in [4.69, 9.17) is 4.74 Å². The van der Waals surface area contributed by atoms with Crippen molar-refractivity contribution in [3.63, 3.8) is 0 Å². The van der Waals surface area contributed by atoms with Crippen LogP contribution in [0.2, 0.25) is 0 Å². The average Bonchev–Trinajstić information content (AvgIpc) is 2.47. The third-order valence-corrected chi connectivity index (χ3v) is 3.05. The van der Waals surface area contributed by atoms with Crippen molar-refractivity contribution in [1.29, 1.82) is 0 Å². The molecule has 0 spiro atoms. The first-order chi connectivity index (χ1) is 10.0. The Morgan fingerprint density at radius 2 is 2.10 bits per heavy atom. The first kappa shape index (κ1) is 14.8. The zero-order chi connectivity index (χ0) is 15.4. The van der Waals surface area contributed by atoms with Crippen LogP contribution in [0.25, 0.3) is 0 Å². The van der Waals surface area contributed by atoms with Gasteiger partial charge in [-0.2, -0.15) is 0 Å². The lowest BCUT2D eigenvalue weighted by molar-refractivity contribution is -0.384. The predicted molar refractivity (Wildman–Crippen MR) is 78.1 cm³/mol. The summed E-state index contributed by atoms with van der Waals surface area (Å²) in [6.07, 6.45) is 0. The first-order valence-corrected chi connectivity index (χ1v) is 6.36. The van der Waals surface area contributed by atoms with Crippen LogP contribution in [0.5, 0.6) is 5.75 Å². The first-order valence-electron chi connectivity index (χ1n) is 6.36. The maximum absolute atomic E-state index is 13.6. The third-order valence-electron chi connectivity index (χ3n) is 3.05. The van der Waals surface area contributed by atoms with Crippen LogP contribution in [-0.4, -0.2) is 12.0 Å². The molecule has 0 saturated carbocycles. The molecule has 0 heterocycles. The molecular weight excluding hydrogens is 275 g/mol. The van der Waals surface area contributed by atoms with Gasteiger partial charge >= 0.3 is 0 Å². The van der Waals surface area contributed by atoms with Crippen LogP contribution < -0.4 is 10.1 Å². The Labute approximate surface area is 121 Å². The number of ether oxygens (including phenoxy) is 1. The summed E-state index contributed by atoms with van der Waals surface area (Å²) in [6.45, 7) is 1.87. The minimum atomic E-state index is -0.470. The molecule has 0 radical (unpaired) electrons. The van der Waals surface area contributed by atoms with Crippen molar-refractivity contribution in [1.82, 2.24) is 0 Å². The average molecular weight is 290 g/mol. The summed E-state index contributed by atoms with van der Waals surface area (Å²) in [6, 6.07) is 9.25. The van der Waals surface area contributed by atoms with E-state index in [-0.39, 0.29) is 18.0 Å². The standard InChI is InChI=1S/C15H15FN2O3/c1-10-6-7-12(16)14(8-10)21-9-11-4-3-5-13(18(19)20)15(11)17-2/h3-8,17H,9H2,1-2H3. The highest BCUT2D eigenvalue weighted by atomic mass is 19.1. The molecule has 1 N–H and O–H groups in total. The number of hydrogen-bond acceptors (Lipinski definition) is 4. The Kier molecular flexibility index (Phi) is 4.37. The molecule has 0 saturated heterocycles. The SMILES string of the molecule is CNc1c(COc2cc(C)ccc2F)cccc1[N+](=O)[O-]. The number of nitrogens with one attached hydrogen (secondary N) is 1.